The fourth-order valence-corrected chi connectivity index (χ4v) is 4.84. The maximum atomic E-state index is 15.7. The maximum Gasteiger partial charge on any atom is 0.273 e. The van der Waals surface area contributed by atoms with Gasteiger partial charge in [-0.3, -0.25) is 9.59 Å². The Kier molecular flexibility index (Phi) is 12.5. The molecule has 41 heavy (non-hydrogen) atoms. The van der Waals surface area contributed by atoms with Crippen LogP contribution in [0.25, 0.3) is 0 Å². The molecule has 0 radical (unpaired) electrons. The Labute approximate surface area is 242 Å². The Morgan fingerprint density at radius 1 is 1.15 bits per heavy atom. The van der Waals surface area contributed by atoms with Gasteiger partial charge >= 0.3 is 0 Å². The highest BCUT2D eigenvalue weighted by Crippen LogP contribution is 2.31. The maximum absolute atomic E-state index is 15.7. The van der Waals surface area contributed by atoms with Crippen molar-refractivity contribution in [2.24, 2.45) is 0 Å². The van der Waals surface area contributed by atoms with Gasteiger partial charge in [-0.05, 0) is 50.6 Å². The third-order valence-electron chi connectivity index (χ3n) is 6.99. The molecule has 10 nitrogen and oxygen atoms in total. The lowest BCUT2D eigenvalue weighted by Gasteiger charge is -2.36. The normalized spacial score (nSPS) is 15.6. The highest BCUT2D eigenvalue weighted by Gasteiger charge is 2.41. The molecule has 0 aliphatic rings. The molecule has 2 rings (SSSR count). The van der Waals surface area contributed by atoms with E-state index in [2.05, 4.69) is 16.0 Å². The summed E-state index contributed by atoms with van der Waals surface area (Å²) in [5, 5.41) is 31.0. The van der Waals surface area contributed by atoms with E-state index in [9.17, 15) is 24.6 Å². The molecular weight excluding hydrogens is 530 g/mol. The van der Waals surface area contributed by atoms with Crippen LogP contribution in [0.1, 0.15) is 48.9 Å². The van der Waals surface area contributed by atoms with Crippen molar-refractivity contribution >= 4 is 32.1 Å². The molecule has 0 saturated carbocycles. The van der Waals surface area contributed by atoms with Gasteiger partial charge in [-0.2, -0.15) is 0 Å². The average Bonchev–Trinajstić information content (AvgIpc) is 2.91. The molecule has 224 valence electrons. The number of ether oxygens (including phenoxy) is 1. The number of nitrogens with one attached hydrogen (secondary N) is 3. The minimum Gasteiger partial charge on any atom is -0.375 e. The Bertz CT molecular complexity index is 1200. The second-order valence-corrected chi connectivity index (χ2v) is 10.4. The minimum absolute atomic E-state index is 0.0121. The number of benzene rings is 2. The monoisotopic (exact) mass is 572 g/mol. The van der Waals surface area contributed by atoms with Crippen molar-refractivity contribution in [2.45, 2.75) is 70.1 Å². The van der Waals surface area contributed by atoms with Crippen LogP contribution in [0.15, 0.2) is 36.4 Å². The molecule has 0 saturated heterocycles. The molecule has 5 N–H and O–H groups in total. The molecule has 4 unspecified atom stereocenters. The number of hydrogen-bond donors (Lipinski definition) is 5. The number of aldehydes is 1. The number of aliphatic hydroxyl groups is 2. The van der Waals surface area contributed by atoms with Crippen LogP contribution in [-0.2, 0) is 37.7 Å². The summed E-state index contributed by atoms with van der Waals surface area (Å²) >= 11 is 0. The number of rotatable bonds is 17. The number of nitrogens with zero attached hydrogens (tertiary/aromatic N) is 1. The molecule has 12 heteroatoms. The summed E-state index contributed by atoms with van der Waals surface area (Å²) in [4.78, 5) is 36.6. The molecule has 0 fully saturated rings. The number of hydrogen-bond acceptors (Lipinski definition) is 8. The van der Waals surface area contributed by atoms with E-state index in [1.807, 2.05) is 20.9 Å². The summed E-state index contributed by atoms with van der Waals surface area (Å²) in [6, 6.07) is 9.92. The van der Waals surface area contributed by atoms with E-state index in [4.69, 9.17) is 4.74 Å². The van der Waals surface area contributed by atoms with E-state index in [0.717, 1.165) is 4.90 Å². The van der Waals surface area contributed by atoms with Crippen LogP contribution in [0.5, 0.6) is 0 Å². The van der Waals surface area contributed by atoms with Crippen molar-refractivity contribution in [1.82, 2.24) is 15.5 Å². The van der Waals surface area contributed by atoms with Gasteiger partial charge in [0.15, 0.2) is 7.85 Å². The number of aryl methyl sites for hydroxylation is 1. The second-order valence-electron chi connectivity index (χ2n) is 10.4. The lowest BCUT2D eigenvalue weighted by atomic mass is 9.81. The lowest BCUT2D eigenvalue weighted by molar-refractivity contribution is -0.171. The molecule has 0 bridgehead atoms. The molecule has 0 aliphatic carbocycles. The molecule has 2 amide bonds. The number of anilines is 1. The molecule has 2 aromatic rings. The van der Waals surface area contributed by atoms with Crippen molar-refractivity contribution in [3.8, 4) is 0 Å². The Morgan fingerprint density at radius 3 is 2.44 bits per heavy atom. The van der Waals surface area contributed by atoms with E-state index in [1.54, 1.807) is 37.3 Å². The van der Waals surface area contributed by atoms with E-state index in [0.29, 0.717) is 48.0 Å². The van der Waals surface area contributed by atoms with Gasteiger partial charge in [-0.25, -0.2) is 4.39 Å². The summed E-state index contributed by atoms with van der Waals surface area (Å²) in [6.45, 7) is 5.97. The summed E-state index contributed by atoms with van der Waals surface area (Å²) < 4.78 is 21.7. The van der Waals surface area contributed by atoms with Crippen LogP contribution in [0.2, 0.25) is 0 Å². The summed E-state index contributed by atoms with van der Waals surface area (Å²) in [7, 11) is 4.56. The Morgan fingerprint density at radius 2 is 1.83 bits per heavy atom. The fraction of sp³-hybridized carbons (Fsp3) is 0.483. The zero-order valence-corrected chi connectivity index (χ0v) is 24.7. The summed E-state index contributed by atoms with van der Waals surface area (Å²) in [5.74, 6) is -1.42. The highest BCUT2D eigenvalue weighted by atomic mass is 19.1. The third kappa shape index (κ3) is 8.59. The van der Waals surface area contributed by atoms with Gasteiger partial charge in [-0.1, -0.05) is 30.3 Å². The lowest BCUT2D eigenvalue weighted by Crippen LogP contribution is -2.57. The molecule has 0 aliphatic heterocycles. The van der Waals surface area contributed by atoms with Gasteiger partial charge in [0.05, 0.1) is 18.8 Å². The summed E-state index contributed by atoms with van der Waals surface area (Å²) in [6.07, 6.45) is 0.385. The van der Waals surface area contributed by atoms with Gasteiger partial charge in [0.25, 0.3) is 5.91 Å². The number of carbonyl (C=O) groups excluding carboxylic acids is 3. The largest absolute Gasteiger partial charge is 0.375 e. The number of amides is 2. The molecular formula is C29H42BFN4O6. The average molecular weight is 572 g/mol. The SMILES string of the molecule is BC(O)(Nc1cccc(C)c1CN(C=O)C(O)(CCC=O)C(=O)NC)c1cccc(CC(C)OC(C)CNC)c1F. The predicted octanol–water partition coefficient (Wildman–Crippen LogP) is 0.910. The first kappa shape index (κ1) is 33.9. The van der Waals surface area contributed by atoms with Crippen LogP contribution in [0.4, 0.5) is 10.1 Å². The highest BCUT2D eigenvalue weighted by molar-refractivity contribution is 6.16. The van der Waals surface area contributed by atoms with Crippen molar-refractivity contribution < 1.29 is 33.7 Å². The van der Waals surface area contributed by atoms with Crippen LogP contribution >= 0.6 is 0 Å². The smallest absolute Gasteiger partial charge is 0.273 e. The van der Waals surface area contributed by atoms with Gasteiger partial charge in [-0.15, -0.1) is 0 Å². The molecule has 0 heterocycles. The van der Waals surface area contributed by atoms with Gasteiger partial charge in [0, 0.05) is 44.1 Å². The van der Waals surface area contributed by atoms with Crippen molar-refractivity contribution in [3.05, 3.63) is 64.5 Å². The Hall–Kier alpha value is -3.32. The molecule has 0 aromatic heterocycles. The minimum atomic E-state index is -2.29. The van der Waals surface area contributed by atoms with Crippen molar-refractivity contribution in [3.63, 3.8) is 0 Å². The summed E-state index contributed by atoms with van der Waals surface area (Å²) in [5.41, 5.74) is -2.25. The molecule has 4 atom stereocenters. The first-order valence-electron chi connectivity index (χ1n) is 13.6. The fourth-order valence-electron chi connectivity index (χ4n) is 4.84. The third-order valence-corrected chi connectivity index (χ3v) is 6.99. The molecule has 0 spiro atoms. The van der Waals surface area contributed by atoms with Gasteiger partial charge in [0.1, 0.15) is 17.7 Å². The first-order valence-corrected chi connectivity index (χ1v) is 13.6. The van der Waals surface area contributed by atoms with Gasteiger partial charge in [0.2, 0.25) is 12.1 Å². The second kappa shape index (κ2) is 15.1. The topological polar surface area (TPSA) is 140 Å². The zero-order valence-electron chi connectivity index (χ0n) is 24.7. The standard InChI is InChI=1S/C29H42BFN4O6/c1-19-9-6-12-25(23(19)17-35(18-37)28(39,13-8-14-36)27(38)33-5)34-29(30,40)24-11-7-10-22(26(24)31)15-20(2)41-21(3)16-32-4/h6-7,9-12,14,18,20-21,32,34,39-40H,8,13,15-17,30H2,1-5H3,(H,33,38). The van der Waals surface area contributed by atoms with Crippen LogP contribution in [-0.4, -0.2) is 80.1 Å². The van der Waals surface area contributed by atoms with Crippen LogP contribution < -0.4 is 16.0 Å². The van der Waals surface area contributed by atoms with Crippen LogP contribution in [0, 0.1) is 12.7 Å². The number of carbonyl (C=O) groups is 3. The van der Waals surface area contributed by atoms with Crippen LogP contribution in [0.3, 0.4) is 0 Å². The van der Waals surface area contributed by atoms with Crippen molar-refractivity contribution in [1.29, 1.82) is 0 Å². The van der Waals surface area contributed by atoms with E-state index < -0.39 is 23.1 Å². The number of halogens is 1. The predicted molar refractivity (Wildman–Crippen MR) is 157 cm³/mol. The van der Waals surface area contributed by atoms with E-state index in [-0.39, 0.29) is 37.2 Å². The first-order chi connectivity index (χ1) is 19.3. The van der Waals surface area contributed by atoms with Gasteiger partial charge < -0.3 is 40.6 Å². The van der Waals surface area contributed by atoms with E-state index >= 15 is 4.39 Å². The quantitative estimate of drug-likeness (QED) is 0.107. The number of likely N-dealkylation sites (N-methyl/N-ethyl adjacent to an activating group) is 2. The van der Waals surface area contributed by atoms with E-state index in [1.165, 1.54) is 21.0 Å². The van der Waals surface area contributed by atoms with Crippen molar-refractivity contribution in [2.75, 3.05) is 26.0 Å². The Balaban J connectivity index is 2.40. The molecule has 2 aromatic carbocycles. The zero-order chi connectivity index (χ0) is 30.8.